The Labute approximate surface area is 104 Å². The second-order valence-electron chi connectivity index (χ2n) is 4.17. The second-order valence-corrected chi connectivity index (χ2v) is 4.61. The highest BCUT2D eigenvalue weighted by atomic mass is 35.5. The first-order valence-electron chi connectivity index (χ1n) is 5.41. The number of benzene rings is 1. The van der Waals surface area contributed by atoms with E-state index in [4.69, 9.17) is 16.7 Å². The van der Waals surface area contributed by atoms with Crippen LogP contribution >= 0.6 is 11.6 Å². The van der Waals surface area contributed by atoms with Crippen molar-refractivity contribution >= 4 is 23.0 Å². The fourth-order valence-corrected chi connectivity index (χ4v) is 2.28. The molecule has 1 N–H and O–H groups in total. The van der Waals surface area contributed by atoms with Crippen LogP contribution in [0, 0.1) is 16.0 Å². The van der Waals surface area contributed by atoms with Crippen molar-refractivity contribution in [3.05, 3.63) is 33.3 Å². The lowest BCUT2D eigenvalue weighted by atomic mass is 10.1. The monoisotopic (exact) mass is 256 g/mol. The molecule has 92 valence electrons. The minimum absolute atomic E-state index is 0.0242. The van der Waals surface area contributed by atoms with Crippen LogP contribution in [0.5, 0.6) is 0 Å². The van der Waals surface area contributed by atoms with Crippen molar-refractivity contribution in [1.82, 2.24) is 0 Å². The largest absolute Gasteiger partial charge is 0.396 e. The molecule has 0 saturated carbocycles. The Morgan fingerprint density at radius 3 is 2.94 bits per heavy atom. The highest BCUT2D eigenvalue weighted by Crippen LogP contribution is 2.34. The fourth-order valence-electron chi connectivity index (χ4n) is 2.11. The molecular formula is C11H13ClN2O3. The van der Waals surface area contributed by atoms with Crippen molar-refractivity contribution in [2.24, 2.45) is 5.92 Å². The zero-order valence-corrected chi connectivity index (χ0v) is 9.93. The molecule has 1 atom stereocenters. The Kier molecular flexibility index (Phi) is 3.49. The van der Waals surface area contributed by atoms with E-state index in [2.05, 4.69) is 0 Å². The topological polar surface area (TPSA) is 66.6 Å². The maximum atomic E-state index is 11.0. The Hall–Kier alpha value is -1.33. The van der Waals surface area contributed by atoms with E-state index < -0.39 is 4.92 Å². The van der Waals surface area contributed by atoms with Crippen LogP contribution in [0.15, 0.2) is 18.2 Å². The third-order valence-electron chi connectivity index (χ3n) is 3.02. The van der Waals surface area contributed by atoms with Crippen molar-refractivity contribution in [2.75, 3.05) is 24.6 Å². The first-order valence-corrected chi connectivity index (χ1v) is 5.79. The van der Waals surface area contributed by atoms with Crippen molar-refractivity contribution in [3.8, 4) is 0 Å². The van der Waals surface area contributed by atoms with E-state index in [1.54, 1.807) is 12.1 Å². The minimum atomic E-state index is -0.423. The van der Waals surface area contributed by atoms with Crippen LogP contribution in [0.2, 0.25) is 5.02 Å². The Balaban J connectivity index is 2.29. The summed E-state index contributed by atoms with van der Waals surface area (Å²) < 4.78 is 0. The van der Waals surface area contributed by atoms with Gasteiger partial charge in [-0.05, 0) is 18.6 Å². The average Bonchev–Trinajstić information content (AvgIpc) is 2.77. The minimum Gasteiger partial charge on any atom is -0.396 e. The number of hydrogen-bond acceptors (Lipinski definition) is 4. The van der Waals surface area contributed by atoms with Crippen molar-refractivity contribution in [3.63, 3.8) is 0 Å². The van der Waals surface area contributed by atoms with Crippen molar-refractivity contribution in [1.29, 1.82) is 0 Å². The lowest BCUT2D eigenvalue weighted by Gasteiger charge is -2.18. The zero-order valence-electron chi connectivity index (χ0n) is 9.17. The molecular weight excluding hydrogens is 244 g/mol. The number of aliphatic hydroxyl groups is 1. The maximum absolute atomic E-state index is 11.0. The van der Waals surface area contributed by atoms with Crippen LogP contribution in [0.1, 0.15) is 6.42 Å². The van der Waals surface area contributed by atoms with Gasteiger partial charge in [-0.1, -0.05) is 11.6 Å². The molecule has 0 spiro atoms. The van der Waals surface area contributed by atoms with Gasteiger partial charge in [0.15, 0.2) is 0 Å². The lowest BCUT2D eigenvalue weighted by molar-refractivity contribution is -0.384. The molecule has 5 nitrogen and oxygen atoms in total. The normalized spacial score (nSPS) is 19.6. The molecule has 2 rings (SSSR count). The molecule has 1 aliphatic rings. The van der Waals surface area contributed by atoms with Gasteiger partial charge in [-0.25, -0.2) is 0 Å². The van der Waals surface area contributed by atoms with E-state index in [9.17, 15) is 10.1 Å². The molecule has 0 aromatic heterocycles. The number of nitro benzene ring substituents is 1. The number of nitro groups is 1. The van der Waals surface area contributed by atoms with Crippen LogP contribution in [-0.4, -0.2) is 29.7 Å². The molecule has 17 heavy (non-hydrogen) atoms. The summed E-state index contributed by atoms with van der Waals surface area (Å²) in [4.78, 5) is 12.5. The van der Waals surface area contributed by atoms with Gasteiger partial charge in [0, 0.05) is 36.7 Å². The number of nitrogens with zero attached hydrogens (tertiary/aromatic N) is 2. The van der Waals surface area contributed by atoms with Crippen LogP contribution in [0.4, 0.5) is 11.4 Å². The van der Waals surface area contributed by atoms with Gasteiger partial charge in [-0.15, -0.1) is 0 Å². The predicted octanol–water partition coefficient (Wildman–Crippen LogP) is 2.07. The van der Waals surface area contributed by atoms with Gasteiger partial charge in [-0.2, -0.15) is 0 Å². The van der Waals surface area contributed by atoms with Gasteiger partial charge in [0.2, 0.25) is 0 Å². The summed E-state index contributed by atoms with van der Waals surface area (Å²) in [6.07, 6.45) is 0.857. The first kappa shape index (κ1) is 12.1. The molecule has 1 unspecified atom stereocenters. The number of halogens is 1. The third-order valence-corrected chi connectivity index (χ3v) is 3.25. The van der Waals surface area contributed by atoms with Crippen molar-refractivity contribution in [2.45, 2.75) is 6.42 Å². The van der Waals surface area contributed by atoms with E-state index in [1.165, 1.54) is 6.07 Å². The number of aliphatic hydroxyl groups excluding tert-OH is 1. The van der Waals surface area contributed by atoms with Crippen molar-refractivity contribution < 1.29 is 10.0 Å². The molecule has 1 heterocycles. The number of hydrogen-bond donors (Lipinski definition) is 1. The summed E-state index contributed by atoms with van der Waals surface area (Å²) in [7, 11) is 0. The molecule has 0 amide bonds. The van der Waals surface area contributed by atoms with Crippen LogP contribution in [0.3, 0.4) is 0 Å². The maximum Gasteiger partial charge on any atom is 0.294 e. The Morgan fingerprint density at radius 1 is 1.59 bits per heavy atom. The summed E-state index contributed by atoms with van der Waals surface area (Å²) in [6, 6.07) is 4.68. The van der Waals surface area contributed by atoms with Crippen LogP contribution in [0.25, 0.3) is 0 Å². The van der Waals surface area contributed by atoms with Gasteiger partial charge in [0.25, 0.3) is 5.69 Å². The molecule has 0 bridgehead atoms. The smallest absolute Gasteiger partial charge is 0.294 e. The van der Waals surface area contributed by atoms with Gasteiger partial charge < -0.3 is 10.0 Å². The predicted molar refractivity (Wildman–Crippen MR) is 65.5 cm³/mol. The van der Waals surface area contributed by atoms with E-state index >= 15 is 0 Å². The SMILES string of the molecule is O=[N+]([O-])c1cc(Cl)ccc1N1CCC(CO)C1. The van der Waals surface area contributed by atoms with E-state index in [0.29, 0.717) is 17.3 Å². The first-order chi connectivity index (χ1) is 8.11. The summed E-state index contributed by atoms with van der Waals surface area (Å²) in [6.45, 7) is 1.50. The average molecular weight is 257 g/mol. The zero-order chi connectivity index (χ0) is 12.4. The summed E-state index contributed by atoms with van der Waals surface area (Å²) >= 11 is 5.76. The second kappa shape index (κ2) is 4.89. The summed E-state index contributed by atoms with van der Waals surface area (Å²) in [5.74, 6) is 0.199. The third kappa shape index (κ3) is 2.50. The molecule has 1 aromatic rings. The van der Waals surface area contributed by atoms with E-state index in [1.807, 2.05) is 4.90 Å². The van der Waals surface area contributed by atoms with Gasteiger partial charge in [0.05, 0.1) is 4.92 Å². The highest BCUT2D eigenvalue weighted by Gasteiger charge is 2.27. The quantitative estimate of drug-likeness (QED) is 0.664. The van der Waals surface area contributed by atoms with E-state index in [-0.39, 0.29) is 18.2 Å². The van der Waals surface area contributed by atoms with Gasteiger partial charge in [0.1, 0.15) is 5.69 Å². The van der Waals surface area contributed by atoms with E-state index in [0.717, 1.165) is 13.0 Å². The van der Waals surface area contributed by atoms with Crippen LogP contribution < -0.4 is 4.90 Å². The molecule has 6 heteroatoms. The molecule has 0 radical (unpaired) electrons. The summed E-state index contributed by atoms with van der Waals surface area (Å²) in [5, 5.41) is 20.4. The summed E-state index contributed by atoms with van der Waals surface area (Å²) in [5.41, 5.74) is 0.603. The van der Waals surface area contributed by atoms with Gasteiger partial charge >= 0.3 is 0 Å². The number of rotatable bonds is 3. The molecule has 1 saturated heterocycles. The molecule has 1 aromatic carbocycles. The van der Waals surface area contributed by atoms with Gasteiger partial charge in [-0.3, -0.25) is 10.1 Å². The molecule has 1 fully saturated rings. The number of anilines is 1. The fraction of sp³-hybridized carbons (Fsp3) is 0.455. The molecule has 0 aliphatic carbocycles. The Bertz CT molecular complexity index is 439. The standard InChI is InChI=1S/C11H13ClN2O3/c12-9-1-2-10(11(5-9)14(16)17)13-4-3-8(6-13)7-15/h1-2,5,8,15H,3-4,6-7H2. The highest BCUT2D eigenvalue weighted by molar-refractivity contribution is 6.30. The molecule has 1 aliphatic heterocycles. The lowest BCUT2D eigenvalue weighted by Crippen LogP contribution is -2.21. The van der Waals surface area contributed by atoms with Crippen LogP contribution in [-0.2, 0) is 0 Å². The Morgan fingerprint density at radius 2 is 2.35 bits per heavy atom.